The zero-order valence-electron chi connectivity index (χ0n) is 17.1. The van der Waals surface area contributed by atoms with Crippen LogP contribution >= 0.6 is 11.8 Å². The monoisotopic (exact) mass is 447 g/mol. The number of carbonyl (C=O) groups excluding carboxylic acids is 2. The summed E-state index contributed by atoms with van der Waals surface area (Å²) in [6, 6.07) is 11.0. The third-order valence-electron chi connectivity index (χ3n) is 5.40. The Labute approximate surface area is 188 Å². The third-order valence-corrected chi connectivity index (χ3v) is 6.24. The maximum absolute atomic E-state index is 13.1. The van der Waals surface area contributed by atoms with Gasteiger partial charge in [0.15, 0.2) is 10.8 Å². The molecule has 162 valence electrons. The van der Waals surface area contributed by atoms with Gasteiger partial charge in [-0.3, -0.25) is 9.59 Å². The number of benzene rings is 1. The van der Waals surface area contributed by atoms with Gasteiger partial charge >= 0.3 is 0 Å². The second kappa shape index (κ2) is 8.83. The molecule has 1 aliphatic rings. The number of anilines is 1. The Hall–Kier alpha value is -3.66. The van der Waals surface area contributed by atoms with Crippen LogP contribution in [0.5, 0.6) is 0 Å². The summed E-state index contributed by atoms with van der Waals surface area (Å²) in [6.45, 7) is 0.565. The van der Waals surface area contributed by atoms with Crippen molar-refractivity contribution >= 4 is 40.4 Å². The van der Waals surface area contributed by atoms with Crippen molar-refractivity contribution in [1.29, 1.82) is 0 Å². The summed E-state index contributed by atoms with van der Waals surface area (Å²) in [7, 11) is 0. The lowest BCUT2D eigenvalue weighted by atomic mass is 10.2. The van der Waals surface area contributed by atoms with Gasteiger partial charge in [0, 0.05) is 18.9 Å². The van der Waals surface area contributed by atoms with Crippen molar-refractivity contribution in [2.75, 3.05) is 17.6 Å². The number of nitrogens with one attached hydrogen (secondary N) is 2. The minimum absolute atomic E-state index is 0.0999. The van der Waals surface area contributed by atoms with Crippen molar-refractivity contribution < 1.29 is 9.59 Å². The number of hydrogen-bond acceptors (Lipinski definition) is 6. The molecule has 2 amide bonds. The number of para-hydroxylation sites is 2. The zero-order valence-corrected chi connectivity index (χ0v) is 18.0. The van der Waals surface area contributed by atoms with Crippen molar-refractivity contribution in [2.24, 2.45) is 0 Å². The fourth-order valence-corrected chi connectivity index (χ4v) is 4.55. The summed E-state index contributed by atoms with van der Waals surface area (Å²) in [5.74, 6) is -0.105. The van der Waals surface area contributed by atoms with Gasteiger partial charge in [-0.05, 0) is 37.1 Å². The van der Waals surface area contributed by atoms with E-state index in [1.54, 1.807) is 17.4 Å². The molecule has 3 aromatic heterocycles. The molecule has 10 heteroatoms. The van der Waals surface area contributed by atoms with Crippen molar-refractivity contribution in [3.63, 3.8) is 0 Å². The highest BCUT2D eigenvalue weighted by Gasteiger charge is 2.34. The number of amides is 2. The maximum Gasteiger partial charge on any atom is 0.247 e. The molecule has 4 heterocycles. The molecule has 1 saturated heterocycles. The van der Waals surface area contributed by atoms with E-state index in [4.69, 9.17) is 0 Å². The Morgan fingerprint density at radius 2 is 2.00 bits per heavy atom. The van der Waals surface area contributed by atoms with E-state index in [0.29, 0.717) is 29.5 Å². The highest BCUT2D eigenvalue weighted by atomic mass is 32.2. The first-order chi connectivity index (χ1) is 15.7. The number of imidazole rings is 1. The lowest BCUT2D eigenvalue weighted by Crippen LogP contribution is -2.44. The van der Waals surface area contributed by atoms with Crippen molar-refractivity contribution in [1.82, 2.24) is 29.4 Å². The Morgan fingerprint density at radius 3 is 2.88 bits per heavy atom. The van der Waals surface area contributed by atoms with E-state index in [-0.39, 0.29) is 17.6 Å². The first-order valence-corrected chi connectivity index (χ1v) is 11.3. The number of thioether (sulfide) groups is 1. The van der Waals surface area contributed by atoms with E-state index < -0.39 is 6.04 Å². The molecule has 1 aromatic carbocycles. The molecule has 9 nitrogen and oxygen atoms in total. The molecule has 0 saturated carbocycles. The molecule has 0 bridgehead atoms. The fraction of sp³-hybridized carbons (Fsp3) is 0.227. The Balaban J connectivity index is 1.25. The second-order valence-electron chi connectivity index (χ2n) is 7.42. The van der Waals surface area contributed by atoms with E-state index >= 15 is 0 Å². The number of aromatic amines is 1. The van der Waals surface area contributed by atoms with Crippen LogP contribution in [-0.4, -0.2) is 59.6 Å². The normalized spacial score (nSPS) is 15.9. The number of aromatic nitrogens is 5. The molecule has 0 aliphatic carbocycles. The van der Waals surface area contributed by atoms with Gasteiger partial charge in [0.2, 0.25) is 11.8 Å². The van der Waals surface area contributed by atoms with E-state index in [1.807, 2.05) is 53.4 Å². The molecular weight excluding hydrogens is 426 g/mol. The molecule has 32 heavy (non-hydrogen) atoms. The molecule has 5 rings (SSSR count). The first kappa shape index (κ1) is 20.3. The number of fused-ring (bicyclic) bond motifs is 1. The molecule has 0 spiro atoms. The Kier molecular flexibility index (Phi) is 5.59. The molecule has 4 aromatic rings. The second-order valence-corrected chi connectivity index (χ2v) is 8.37. The molecule has 1 fully saturated rings. The van der Waals surface area contributed by atoms with Gasteiger partial charge in [-0.2, -0.15) is 0 Å². The quantitative estimate of drug-likeness (QED) is 0.348. The number of hydrogen-bond donors (Lipinski definition) is 2. The number of rotatable bonds is 6. The highest BCUT2D eigenvalue weighted by molar-refractivity contribution is 7.99. The average molecular weight is 448 g/mol. The van der Waals surface area contributed by atoms with Crippen LogP contribution in [0.3, 0.4) is 0 Å². The van der Waals surface area contributed by atoms with Gasteiger partial charge in [-0.1, -0.05) is 23.9 Å². The molecular formula is C22H21N7O2S. The Morgan fingerprint density at radius 1 is 1.16 bits per heavy atom. The van der Waals surface area contributed by atoms with Crippen LogP contribution in [0.1, 0.15) is 12.8 Å². The molecule has 1 atom stereocenters. The van der Waals surface area contributed by atoms with Gasteiger partial charge in [-0.25, -0.2) is 15.0 Å². The Bertz CT molecular complexity index is 1250. The van der Waals surface area contributed by atoms with Gasteiger partial charge in [0.1, 0.15) is 11.6 Å². The topological polar surface area (TPSA) is 109 Å². The molecule has 1 aliphatic heterocycles. The SMILES string of the molecule is O=C(Nc1ccccc1-n1cccc1)[C@@H]1CCCN1C(=O)CSc1ncc2[nH]cnc2n1. The summed E-state index contributed by atoms with van der Waals surface area (Å²) in [6.07, 6.45) is 8.50. The predicted octanol–water partition coefficient (Wildman–Crippen LogP) is 2.87. The largest absolute Gasteiger partial charge is 0.342 e. The summed E-state index contributed by atoms with van der Waals surface area (Å²) >= 11 is 1.25. The lowest BCUT2D eigenvalue weighted by Gasteiger charge is -2.24. The first-order valence-electron chi connectivity index (χ1n) is 10.3. The van der Waals surface area contributed by atoms with Crippen molar-refractivity contribution in [3.05, 3.63) is 61.3 Å². The minimum atomic E-state index is -0.490. The van der Waals surface area contributed by atoms with Crippen LogP contribution in [0, 0.1) is 0 Å². The van der Waals surface area contributed by atoms with Gasteiger partial charge in [0.05, 0.1) is 29.7 Å². The average Bonchev–Trinajstić information content (AvgIpc) is 3.59. The summed E-state index contributed by atoms with van der Waals surface area (Å²) in [5, 5.41) is 3.50. The fourth-order valence-electron chi connectivity index (χ4n) is 3.85. The van der Waals surface area contributed by atoms with E-state index in [0.717, 1.165) is 17.6 Å². The lowest BCUT2D eigenvalue weighted by molar-refractivity contribution is -0.134. The standard InChI is InChI=1S/C22H21N7O2S/c30-19(13-32-22-23-12-16-20(27-22)25-14-24-16)29-11-5-8-18(29)21(31)26-15-6-1-2-7-17(15)28-9-3-4-10-28/h1-4,6-7,9-10,12,14,18H,5,8,11,13H2,(H,26,31)(H,23,24,25,27)/t18-/m0/s1. The third kappa shape index (κ3) is 4.09. The summed E-state index contributed by atoms with van der Waals surface area (Å²) < 4.78 is 1.94. The number of likely N-dealkylation sites (tertiary alicyclic amines) is 1. The molecule has 0 unspecified atom stereocenters. The summed E-state index contributed by atoms with van der Waals surface area (Å²) in [5.41, 5.74) is 2.90. The van der Waals surface area contributed by atoms with E-state index in [9.17, 15) is 9.59 Å². The maximum atomic E-state index is 13.1. The van der Waals surface area contributed by atoms with Gasteiger partial charge in [0.25, 0.3) is 0 Å². The predicted molar refractivity (Wildman–Crippen MR) is 122 cm³/mol. The van der Waals surface area contributed by atoms with Crippen LogP contribution in [0.4, 0.5) is 5.69 Å². The van der Waals surface area contributed by atoms with Gasteiger partial charge < -0.3 is 19.8 Å². The number of carbonyl (C=O) groups is 2. The molecule has 2 N–H and O–H groups in total. The smallest absolute Gasteiger partial charge is 0.247 e. The van der Waals surface area contributed by atoms with Gasteiger partial charge in [-0.15, -0.1) is 0 Å². The van der Waals surface area contributed by atoms with Crippen LogP contribution < -0.4 is 5.32 Å². The zero-order chi connectivity index (χ0) is 21.9. The summed E-state index contributed by atoms with van der Waals surface area (Å²) in [4.78, 5) is 43.3. The van der Waals surface area contributed by atoms with Crippen molar-refractivity contribution in [2.45, 2.75) is 24.0 Å². The number of nitrogens with zero attached hydrogens (tertiary/aromatic N) is 5. The molecule has 0 radical (unpaired) electrons. The minimum Gasteiger partial charge on any atom is -0.342 e. The van der Waals surface area contributed by atoms with Crippen LogP contribution in [0.25, 0.3) is 16.9 Å². The van der Waals surface area contributed by atoms with Crippen molar-refractivity contribution in [3.8, 4) is 5.69 Å². The van der Waals surface area contributed by atoms with Crippen LogP contribution in [-0.2, 0) is 9.59 Å². The van der Waals surface area contributed by atoms with Crippen LogP contribution in [0.15, 0.2) is 66.5 Å². The van der Waals surface area contributed by atoms with E-state index in [2.05, 4.69) is 25.3 Å². The number of H-pyrrole nitrogens is 1. The van der Waals surface area contributed by atoms with E-state index in [1.165, 1.54) is 11.8 Å². The van der Waals surface area contributed by atoms with Crippen LogP contribution in [0.2, 0.25) is 0 Å². The highest BCUT2D eigenvalue weighted by Crippen LogP contribution is 2.25.